The molecule has 0 radical (unpaired) electrons. The fraction of sp³-hybridized carbons (Fsp3) is 0.450. The van der Waals surface area contributed by atoms with Crippen molar-refractivity contribution >= 4 is 34.3 Å². The summed E-state index contributed by atoms with van der Waals surface area (Å²) in [5, 5.41) is 0.519. The van der Waals surface area contributed by atoms with Gasteiger partial charge in [0, 0.05) is 44.9 Å². The summed E-state index contributed by atoms with van der Waals surface area (Å²) in [5.74, 6) is -0.550. The van der Waals surface area contributed by atoms with Gasteiger partial charge in [-0.1, -0.05) is 0 Å². The second kappa shape index (κ2) is 8.02. The standard InChI is InChI=1S/C20H25N7O4S/c1-24-8-7-10-11(9-24)32-19(14(10)16(22)29)27-13(6-4-5-12(21)28)23-17-15(27)18(30)26(3)20(31)25(17)2/h4-9H2,1-3H3,(H2,21,28)(H2,22,29). The maximum atomic E-state index is 13.2. The third-order valence-corrected chi connectivity index (χ3v) is 7.03. The normalized spacial score (nSPS) is 14.1. The first-order chi connectivity index (χ1) is 15.1. The van der Waals surface area contributed by atoms with Gasteiger partial charge in [0.05, 0.1) is 5.56 Å². The molecule has 0 atom stereocenters. The third kappa shape index (κ3) is 3.45. The lowest BCUT2D eigenvalue weighted by molar-refractivity contribution is -0.118. The zero-order valence-corrected chi connectivity index (χ0v) is 19.0. The van der Waals surface area contributed by atoms with Crippen LogP contribution in [0.5, 0.6) is 0 Å². The minimum absolute atomic E-state index is 0.147. The summed E-state index contributed by atoms with van der Waals surface area (Å²) < 4.78 is 3.95. The van der Waals surface area contributed by atoms with Crippen LogP contribution in [0.3, 0.4) is 0 Å². The smallest absolute Gasteiger partial charge is 0.332 e. The molecule has 0 saturated carbocycles. The first-order valence-corrected chi connectivity index (χ1v) is 11.0. The summed E-state index contributed by atoms with van der Waals surface area (Å²) in [6, 6.07) is 0. The number of fused-ring (bicyclic) bond motifs is 2. The SMILES string of the molecule is CN1CCc2c(sc(-n3c(CCCC(N)=O)nc4c3c(=O)n(C)c(=O)n4C)c2C(N)=O)C1. The molecule has 4 rings (SSSR count). The third-order valence-electron chi connectivity index (χ3n) is 5.83. The van der Waals surface area contributed by atoms with Crippen molar-refractivity contribution in [1.29, 1.82) is 0 Å². The maximum absolute atomic E-state index is 13.2. The number of imidazole rings is 1. The molecular weight excluding hydrogens is 434 g/mol. The van der Waals surface area contributed by atoms with Gasteiger partial charge in [-0.05, 0) is 25.5 Å². The van der Waals surface area contributed by atoms with Gasteiger partial charge in [-0.2, -0.15) is 0 Å². The molecule has 11 nitrogen and oxygen atoms in total. The van der Waals surface area contributed by atoms with E-state index in [9.17, 15) is 19.2 Å². The van der Waals surface area contributed by atoms with Gasteiger partial charge in [0.15, 0.2) is 11.2 Å². The van der Waals surface area contributed by atoms with E-state index < -0.39 is 23.1 Å². The van der Waals surface area contributed by atoms with Gasteiger partial charge in [-0.25, -0.2) is 9.78 Å². The Bertz CT molecular complexity index is 1380. The Morgan fingerprint density at radius 3 is 2.50 bits per heavy atom. The van der Waals surface area contributed by atoms with Crippen LogP contribution in [0.2, 0.25) is 0 Å². The number of thiophene rings is 1. The summed E-state index contributed by atoms with van der Waals surface area (Å²) in [6.45, 7) is 1.45. The number of aryl methyl sites for hydroxylation is 2. The number of amides is 2. The van der Waals surface area contributed by atoms with Gasteiger partial charge < -0.3 is 16.4 Å². The molecule has 2 amide bonds. The van der Waals surface area contributed by atoms with E-state index in [0.717, 1.165) is 21.6 Å². The molecule has 0 saturated heterocycles. The van der Waals surface area contributed by atoms with E-state index in [1.807, 2.05) is 7.05 Å². The van der Waals surface area contributed by atoms with E-state index >= 15 is 0 Å². The molecule has 0 spiro atoms. The highest BCUT2D eigenvalue weighted by atomic mass is 32.1. The maximum Gasteiger partial charge on any atom is 0.332 e. The van der Waals surface area contributed by atoms with E-state index in [0.29, 0.717) is 42.2 Å². The molecule has 12 heteroatoms. The molecule has 0 bridgehead atoms. The van der Waals surface area contributed by atoms with E-state index in [1.165, 1.54) is 30.0 Å². The van der Waals surface area contributed by atoms with Crippen molar-refractivity contribution in [3.63, 3.8) is 0 Å². The molecule has 0 unspecified atom stereocenters. The van der Waals surface area contributed by atoms with Gasteiger partial charge >= 0.3 is 5.69 Å². The molecule has 0 fully saturated rings. The molecule has 0 aliphatic carbocycles. The second-order valence-electron chi connectivity index (χ2n) is 8.10. The number of nitrogens with two attached hydrogens (primary N) is 2. The number of nitrogens with zero attached hydrogens (tertiary/aromatic N) is 5. The Morgan fingerprint density at radius 1 is 1.12 bits per heavy atom. The zero-order valence-electron chi connectivity index (χ0n) is 18.2. The summed E-state index contributed by atoms with van der Waals surface area (Å²) in [6.07, 6.45) is 1.55. The van der Waals surface area contributed by atoms with Crippen molar-refractivity contribution < 1.29 is 9.59 Å². The number of rotatable bonds is 6. The van der Waals surface area contributed by atoms with Crippen LogP contribution in [0, 0.1) is 0 Å². The highest BCUT2D eigenvalue weighted by Crippen LogP contribution is 2.37. The summed E-state index contributed by atoms with van der Waals surface area (Å²) in [5.41, 5.74) is 11.7. The number of hydrogen-bond donors (Lipinski definition) is 2. The van der Waals surface area contributed by atoms with Crippen molar-refractivity contribution in [3.05, 3.63) is 42.7 Å². The number of primary amides is 2. The average Bonchev–Trinajstić information content (AvgIpc) is 3.28. The Labute approximate surface area is 186 Å². The summed E-state index contributed by atoms with van der Waals surface area (Å²) in [7, 11) is 4.94. The Morgan fingerprint density at radius 2 is 1.84 bits per heavy atom. The van der Waals surface area contributed by atoms with Crippen LogP contribution < -0.4 is 22.7 Å². The molecule has 3 aromatic heterocycles. The number of hydrogen-bond acceptors (Lipinski definition) is 7. The van der Waals surface area contributed by atoms with Crippen LogP contribution in [0.1, 0.15) is 39.5 Å². The molecule has 32 heavy (non-hydrogen) atoms. The van der Waals surface area contributed by atoms with Crippen LogP contribution in [0.4, 0.5) is 0 Å². The van der Waals surface area contributed by atoms with E-state index in [2.05, 4.69) is 9.88 Å². The summed E-state index contributed by atoms with van der Waals surface area (Å²) >= 11 is 1.40. The first kappa shape index (κ1) is 22.0. The van der Waals surface area contributed by atoms with Gasteiger partial charge in [0.1, 0.15) is 10.8 Å². The van der Waals surface area contributed by atoms with Crippen molar-refractivity contribution in [2.24, 2.45) is 25.6 Å². The molecule has 1 aliphatic rings. The number of carbonyl (C=O) groups is 2. The lowest BCUT2D eigenvalue weighted by atomic mass is 10.0. The highest BCUT2D eigenvalue weighted by molar-refractivity contribution is 7.15. The number of aromatic nitrogens is 4. The van der Waals surface area contributed by atoms with E-state index in [-0.39, 0.29) is 17.6 Å². The second-order valence-corrected chi connectivity index (χ2v) is 9.18. The minimum atomic E-state index is -0.575. The fourth-order valence-electron chi connectivity index (χ4n) is 4.18. The van der Waals surface area contributed by atoms with Crippen LogP contribution in [-0.2, 0) is 38.3 Å². The van der Waals surface area contributed by atoms with Crippen molar-refractivity contribution in [2.45, 2.75) is 32.2 Å². The molecule has 3 aromatic rings. The number of likely N-dealkylation sites (N-methyl/N-ethyl adjacent to an activating group) is 1. The predicted octanol–water partition coefficient (Wildman–Crippen LogP) is -0.621. The molecule has 170 valence electrons. The molecule has 4 heterocycles. The highest BCUT2D eigenvalue weighted by Gasteiger charge is 2.30. The van der Waals surface area contributed by atoms with Crippen molar-refractivity contribution in [3.8, 4) is 5.00 Å². The Kier molecular flexibility index (Phi) is 5.51. The van der Waals surface area contributed by atoms with Gasteiger partial charge in [-0.15, -0.1) is 11.3 Å². The van der Waals surface area contributed by atoms with E-state index in [1.54, 1.807) is 4.57 Å². The van der Waals surface area contributed by atoms with Crippen LogP contribution >= 0.6 is 11.3 Å². The topological polar surface area (TPSA) is 151 Å². The zero-order chi connectivity index (χ0) is 23.3. The van der Waals surface area contributed by atoms with Gasteiger partial charge in [-0.3, -0.25) is 28.1 Å². The van der Waals surface area contributed by atoms with Gasteiger partial charge in [0.2, 0.25) is 5.91 Å². The molecule has 1 aliphatic heterocycles. The van der Waals surface area contributed by atoms with Crippen LogP contribution in [0.25, 0.3) is 16.2 Å². The van der Waals surface area contributed by atoms with Gasteiger partial charge in [0.25, 0.3) is 11.5 Å². The molecule has 0 aromatic carbocycles. The molecule has 4 N–H and O–H groups in total. The van der Waals surface area contributed by atoms with Crippen LogP contribution in [0.15, 0.2) is 9.59 Å². The Hall–Kier alpha value is -3.25. The lowest BCUT2D eigenvalue weighted by Gasteiger charge is -2.22. The average molecular weight is 460 g/mol. The number of carbonyl (C=O) groups excluding carboxylic acids is 2. The van der Waals surface area contributed by atoms with Crippen molar-refractivity contribution in [1.82, 2.24) is 23.6 Å². The monoisotopic (exact) mass is 459 g/mol. The lowest BCUT2D eigenvalue weighted by Crippen LogP contribution is -2.37. The Balaban J connectivity index is 2.05. The van der Waals surface area contributed by atoms with E-state index in [4.69, 9.17) is 11.5 Å². The molecular formula is C20H25N7O4S. The summed E-state index contributed by atoms with van der Waals surface area (Å²) in [4.78, 5) is 57.2. The predicted molar refractivity (Wildman–Crippen MR) is 120 cm³/mol. The largest absolute Gasteiger partial charge is 0.370 e. The quantitative estimate of drug-likeness (QED) is 0.501. The van der Waals surface area contributed by atoms with Crippen LogP contribution in [-0.4, -0.2) is 49.0 Å². The fourth-order valence-corrected chi connectivity index (χ4v) is 5.64. The first-order valence-electron chi connectivity index (χ1n) is 10.2. The minimum Gasteiger partial charge on any atom is -0.370 e. The van der Waals surface area contributed by atoms with Crippen molar-refractivity contribution in [2.75, 3.05) is 13.6 Å².